The Morgan fingerprint density at radius 2 is 1.67 bits per heavy atom. The average molecular weight is 462 g/mol. The molecule has 0 aromatic heterocycles. The number of nitrogens with one attached hydrogen (secondary N) is 1. The van der Waals surface area contributed by atoms with Gasteiger partial charge in [0.1, 0.15) is 12.4 Å². The summed E-state index contributed by atoms with van der Waals surface area (Å²) in [4.78, 5) is 21.9. The van der Waals surface area contributed by atoms with Crippen molar-refractivity contribution in [3.05, 3.63) is 65.7 Å². The molecule has 0 saturated carbocycles. The van der Waals surface area contributed by atoms with E-state index in [9.17, 15) is 9.59 Å². The molecule has 0 saturated heterocycles. The van der Waals surface area contributed by atoms with Crippen LogP contribution in [0, 0.1) is 0 Å². The van der Waals surface area contributed by atoms with Crippen molar-refractivity contribution in [2.45, 2.75) is 26.2 Å². The number of hydrogen-bond acceptors (Lipinski definition) is 7. The van der Waals surface area contributed by atoms with Gasteiger partial charge >= 0.3 is 11.9 Å². The molecular formula is C25H35NO7. The number of aliphatic hydroxyl groups is 1. The van der Waals surface area contributed by atoms with Crippen LogP contribution in [0.25, 0.3) is 0 Å². The zero-order valence-electron chi connectivity index (χ0n) is 19.4. The summed E-state index contributed by atoms with van der Waals surface area (Å²) in [5.74, 6) is -2.13. The fourth-order valence-electron chi connectivity index (χ4n) is 2.86. The molecule has 1 unspecified atom stereocenters. The van der Waals surface area contributed by atoms with Crippen LogP contribution in [0.4, 0.5) is 0 Å². The zero-order valence-corrected chi connectivity index (χ0v) is 19.4. The first-order chi connectivity index (χ1) is 16.0. The predicted octanol–water partition coefficient (Wildman–Crippen LogP) is 2.64. The number of hydrogen-bond donors (Lipinski definition) is 3. The first kappa shape index (κ1) is 28.1. The zero-order chi connectivity index (χ0) is 24.3. The molecule has 1 atom stereocenters. The maximum atomic E-state index is 11.3. The van der Waals surface area contributed by atoms with Crippen molar-refractivity contribution < 1.29 is 34.0 Å². The van der Waals surface area contributed by atoms with Gasteiger partial charge in [0.25, 0.3) is 0 Å². The fourth-order valence-corrected chi connectivity index (χ4v) is 2.86. The minimum Gasteiger partial charge on any atom is -0.491 e. The minimum absolute atomic E-state index is 0.00985. The van der Waals surface area contributed by atoms with Gasteiger partial charge in [0, 0.05) is 25.7 Å². The third-order valence-electron chi connectivity index (χ3n) is 4.47. The molecule has 0 aliphatic heterocycles. The maximum absolute atomic E-state index is 11.3. The van der Waals surface area contributed by atoms with Crippen molar-refractivity contribution >= 4 is 11.9 Å². The smallest absolute Gasteiger partial charge is 0.417 e. The van der Waals surface area contributed by atoms with Crippen LogP contribution < -0.4 is 10.1 Å². The van der Waals surface area contributed by atoms with Gasteiger partial charge in [-0.25, -0.2) is 9.59 Å². The lowest BCUT2D eigenvalue weighted by Crippen LogP contribution is -2.28. The van der Waals surface area contributed by atoms with Crippen LogP contribution in [0.15, 0.2) is 54.6 Å². The van der Waals surface area contributed by atoms with Crippen molar-refractivity contribution in [1.82, 2.24) is 5.32 Å². The standard InChI is InChI=1S/C23H29NO6.C2H6O/c1-2-28-14-15-29-21-10-8-18(9-11-21)12-13-24-16-20(17-30-23(27)22(25)26)19-6-4-3-5-7-19;1-2-3/h3-11,20,24H,2,12-17H2,1H3,(H,25,26);3H,2H2,1H3. The molecular weight excluding hydrogens is 426 g/mol. The topological polar surface area (TPSA) is 114 Å². The second-order valence-corrected chi connectivity index (χ2v) is 6.97. The number of benzene rings is 2. The molecule has 2 aromatic rings. The summed E-state index contributed by atoms with van der Waals surface area (Å²) in [6.07, 6.45) is 0.829. The van der Waals surface area contributed by atoms with Gasteiger partial charge in [0.2, 0.25) is 0 Å². The first-order valence-corrected chi connectivity index (χ1v) is 11.1. The number of carbonyl (C=O) groups excluding carboxylic acids is 1. The molecule has 8 nitrogen and oxygen atoms in total. The van der Waals surface area contributed by atoms with Crippen LogP contribution in [0.5, 0.6) is 5.75 Å². The normalized spacial score (nSPS) is 11.1. The molecule has 2 aromatic carbocycles. The predicted molar refractivity (Wildman–Crippen MR) is 126 cm³/mol. The monoisotopic (exact) mass is 461 g/mol. The summed E-state index contributed by atoms with van der Waals surface area (Å²) in [7, 11) is 0. The summed E-state index contributed by atoms with van der Waals surface area (Å²) < 4.78 is 15.8. The molecule has 2 rings (SSSR count). The summed E-state index contributed by atoms with van der Waals surface area (Å²) in [5.41, 5.74) is 2.16. The second kappa shape index (κ2) is 17.6. The van der Waals surface area contributed by atoms with Gasteiger partial charge in [0.05, 0.1) is 13.2 Å². The highest BCUT2D eigenvalue weighted by Gasteiger charge is 2.18. The molecule has 33 heavy (non-hydrogen) atoms. The van der Waals surface area contributed by atoms with Crippen LogP contribution in [0.1, 0.15) is 30.9 Å². The average Bonchev–Trinajstić information content (AvgIpc) is 2.83. The van der Waals surface area contributed by atoms with E-state index >= 15 is 0 Å². The van der Waals surface area contributed by atoms with Crippen molar-refractivity contribution in [1.29, 1.82) is 0 Å². The highest BCUT2D eigenvalue weighted by molar-refractivity contribution is 6.28. The minimum atomic E-state index is -1.58. The number of rotatable bonds is 13. The molecule has 8 heteroatoms. The maximum Gasteiger partial charge on any atom is 0.417 e. The van der Waals surface area contributed by atoms with Crippen LogP contribution in [-0.2, 0) is 25.5 Å². The Kier molecular flexibility index (Phi) is 15.0. The van der Waals surface area contributed by atoms with Gasteiger partial charge in [0.15, 0.2) is 0 Å². The fraction of sp³-hybridized carbons (Fsp3) is 0.440. The summed E-state index contributed by atoms with van der Waals surface area (Å²) in [6, 6.07) is 17.5. The van der Waals surface area contributed by atoms with Crippen LogP contribution in [-0.4, -0.2) is 68.3 Å². The molecule has 0 bridgehead atoms. The molecule has 0 aliphatic rings. The summed E-state index contributed by atoms with van der Waals surface area (Å²) in [5, 5.41) is 19.6. The van der Waals surface area contributed by atoms with E-state index in [0.717, 1.165) is 24.3 Å². The Bertz CT molecular complexity index is 781. The number of carboxylic acid groups (broad SMARTS) is 1. The molecule has 182 valence electrons. The highest BCUT2D eigenvalue weighted by Crippen LogP contribution is 2.16. The van der Waals surface area contributed by atoms with Crippen LogP contribution >= 0.6 is 0 Å². The largest absolute Gasteiger partial charge is 0.491 e. The molecule has 0 spiro atoms. The number of esters is 1. The van der Waals surface area contributed by atoms with Gasteiger partial charge in [-0.2, -0.15) is 0 Å². The number of carboxylic acids is 1. The first-order valence-electron chi connectivity index (χ1n) is 11.1. The Labute approximate surface area is 195 Å². The van der Waals surface area contributed by atoms with E-state index in [1.54, 1.807) is 6.92 Å². The molecule has 0 radical (unpaired) electrons. The van der Waals surface area contributed by atoms with Crippen LogP contribution in [0.3, 0.4) is 0 Å². The van der Waals surface area contributed by atoms with E-state index in [4.69, 9.17) is 24.4 Å². The third-order valence-corrected chi connectivity index (χ3v) is 4.47. The Morgan fingerprint density at radius 1 is 1.00 bits per heavy atom. The van der Waals surface area contributed by atoms with E-state index in [1.165, 1.54) is 5.56 Å². The number of ether oxygens (including phenoxy) is 3. The van der Waals surface area contributed by atoms with Crippen molar-refractivity contribution in [3.63, 3.8) is 0 Å². The van der Waals surface area contributed by atoms with E-state index in [-0.39, 0.29) is 19.1 Å². The Morgan fingerprint density at radius 3 is 2.27 bits per heavy atom. The lowest BCUT2D eigenvalue weighted by Gasteiger charge is -2.18. The number of carbonyl (C=O) groups is 2. The molecule has 0 heterocycles. The summed E-state index contributed by atoms with van der Waals surface area (Å²) in [6.45, 7) is 6.98. The van der Waals surface area contributed by atoms with Gasteiger partial charge < -0.3 is 29.7 Å². The van der Waals surface area contributed by atoms with Gasteiger partial charge in [-0.1, -0.05) is 42.5 Å². The van der Waals surface area contributed by atoms with Crippen molar-refractivity contribution in [2.75, 3.05) is 46.1 Å². The second-order valence-electron chi connectivity index (χ2n) is 6.97. The summed E-state index contributed by atoms with van der Waals surface area (Å²) >= 11 is 0. The van der Waals surface area contributed by atoms with Crippen molar-refractivity contribution in [2.24, 2.45) is 0 Å². The quantitative estimate of drug-likeness (QED) is 0.237. The lowest BCUT2D eigenvalue weighted by molar-refractivity contribution is -0.164. The Balaban J connectivity index is 0.00000172. The highest BCUT2D eigenvalue weighted by atomic mass is 16.6. The van der Waals surface area contributed by atoms with E-state index in [1.807, 2.05) is 61.5 Å². The Hall–Kier alpha value is -2.94. The number of aliphatic carboxylic acids is 1. The SMILES string of the molecule is CCO.CCOCCOc1ccc(CCNCC(COC(=O)C(=O)O)c2ccccc2)cc1. The van der Waals surface area contributed by atoms with E-state index in [0.29, 0.717) is 26.4 Å². The van der Waals surface area contributed by atoms with E-state index in [2.05, 4.69) is 5.32 Å². The molecule has 0 aliphatic carbocycles. The number of aliphatic hydroxyl groups excluding tert-OH is 1. The van der Waals surface area contributed by atoms with Gasteiger partial charge in [-0.05, 0) is 50.1 Å². The van der Waals surface area contributed by atoms with Crippen molar-refractivity contribution in [3.8, 4) is 5.75 Å². The molecule has 3 N–H and O–H groups in total. The van der Waals surface area contributed by atoms with Crippen LogP contribution in [0.2, 0.25) is 0 Å². The van der Waals surface area contributed by atoms with Gasteiger partial charge in [-0.15, -0.1) is 0 Å². The molecule has 0 amide bonds. The molecule has 0 fully saturated rings. The third kappa shape index (κ3) is 12.6. The van der Waals surface area contributed by atoms with E-state index < -0.39 is 11.9 Å². The van der Waals surface area contributed by atoms with Gasteiger partial charge in [-0.3, -0.25) is 0 Å². The lowest BCUT2D eigenvalue weighted by atomic mass is 10.00.